The van der Waals surface area contributed by atoms with Crippen LogP contribution in [0.3, 0.4) is 0 Å². The third-order valence-corrected chi connectivity index (χ3v) is 9.24. The van der Waals surface area contributed by atoms with Crippen LogP contribution in [-0.2, 0) is 11.3 Å². The molecule has 4 aromatic rings. The fourth-order valence-electron chi connectivity index (χ4n) is 5.37. The van der Waals surface area contributed by atoms with Crippen molar-refractivity contribution < 1.29 is 19.1 Å². The van der Waals surface area contributed by atoms with Crippen LogP contribution in [0.25, 0.3) is 21.2 Å². The third kappa shape index (κ3) is 8.78. The number of nitriles is 1. The van der Waals surface area contributed by atoms with Crippen molar-refractivity contribution in [2.24, 2.45) is 0 Å². The van der Waals surface area contributed by atoms with Gasteiger partial charge in [-0.2, -0.15) is 5.26 Å². The molecule has 1 fully saturated rings. The van der Waals surface area contributed by atoms with Crippen molar-refractivity contribution in [3.05, 3.63) is 87.8 Å². The Morgan fingerprint density at radius 2 is 1.69 bits per heavy atom. The summed E-state index contributed by atoms with van der Waals surface area (Å²) in [5.74, 6) is 0.738. The van der Waals surface area contributed by atoms with E-state index in [2.05, 4.69) is 17.5 Å². The van der Waals surface area contributed by atoms with Gasteiger partial charge in [0.05, 0.1) is 23.8 Å². The molecule has 0 unspecified atom stereocenters. The fourth-order valence-corrected chi connectivity index (χ4v) is 6.84. The van der Waals surface area contributed by atoms with Gasteiger partial charge in [0.25, 0.3) is 5.91 Å². The Balaban J connectivity index is 0.000000448. The van der Waals surface area contributed by atoms with E-state index in [9.17, 15) is 9.59 Å². The van der Waals surface area contributed by atoms with Crippen LogP contribution in [-0.4, -0.2) is 42.7 Å². The molecule has 9 heteroatoms. The first-order valence-electron chi connectivity index (χ1n) is 15.1. The number of amides is 2. The zero-order valence-electron chi connectivity index (χ0n) is 26.5. The zero-order valence-corrected chi connectivity index (χ0v) is 28.1. The minimum absolute atomic E-state index is 0.0149. The molecule has 1 aromatic heterocycles. The molecule has 236 valence electrons. The molecule has 0 saturated heterocycles. The van der Waals surface area contributed by atoms with Crippen LogP contribution in [0.2, 0.25) is 5.02 Å². The summed E-state index contributed by atoms with van der Waals surface area (Å²) >= 11 is 8.21. The topological polar surface area (TPSA) is 91.7 Å². The minimum Gasteiger partial charge on any atom is -0.496 e. The number of fused-ring (bicyclic) bond motifs is 1. The van der Waals surface area contributed by atoms with Crippen molar-refractivity contribution in [1.82, 2.24) is 10.2 Å². The van der Waals surface area contributed by atoms with E-state index in [-0.39, 0.29) is 23.6 Å². The smallest absolute Gasteiger partial charge is 0.407 e. The van der Waals surface area contributed by atoms with Gasteiger partial charge in [0, 0.05) is 35.3 Å². The lowest BCUT2D eigenvalue weighted by molar-refractivity contribution is 0.0540. The molecule has 0 atom stereocenters. The highest BCUT2D eigenvalue weighted by molar-refractivity contribution is 7.21. The fraction of sp³-hybridized carbons (Fsp3) is 0.361. The number of carbonyl (C=O) groups is 2. The van der Waals surface area contributed by atoms with Crippen molar-refractivity contribution in [2.45, 2.75) is 71.1 Å². The molecule has 0 spiro atoms. The van der Waals surface area contributed by atoms with Gasteiger partial charge in [0.1, 0.15) is 16.2 Å². The van der Waals surface area contributed by atoms with E-state index in [1.807, 2.05) is 86.3 Å². The molecule has 0 bridgehead atoms. The SMILES string of the molecule is CNC(=O)OC(C)(C)C.COc1ccc(-c2ccc(C#N)cc2)cc1CN(C(=O)c1sc2ccccc2c1Cl)C1CCCCC1. The summed E-state index contributed by atoms with van der Waals surface area (Å²) in [7, 11) is 3.20. The van der Waals surface area contributed by atoms with Crippen molar-refractivity contribution in [3.63, 3.8) is 0 Å². The lowest BCUT2D eigenvalue weighted by Gasteiger charge is -2.34. The van der Waals surface area contributed by atoms with Crippen LogP contribution in [0.4, 0.5) is 4.79 Å². The summed E-state index contributed by atoms with van der Waals surface area (Å²) in [4.78, 5) is 27.2. The number of hydrogen-bond donors (Lipinski definition) is 1. The molecule has 5 rings (SSSR count). The molecule has 1 saturated carbocycles. The summed E-state index contributed by atoms with van der Waals surface area (Å²) < 4.78 is 11.6. The van der Waals surface area contributed by atoms with Gasteiger partial charge >= 0.3 is 6.09 Å². The van der Waals surface area contributed by atoms with Crippen LogP contribution in [0.5, 0.6) is 5.75 Å². The number of rotatable bonds is 6. The number of alkyl carbamates (subject to hydrolysis) is 1. The Hall–Kier alpha value is -4.06. The van der Waals surface area contributed by atoms with Crippen LogP contribution in [0.15, 0.2) is 66.7 Å². The predicted molar refractivity (Wildman–Crippen MR) is 182 cm³/mol. The van der Waals surface area contributed by atoms with E-state index >= 15 is 0 Å². The summed E-state index contributed by atoms with van der Waals surface area (Å²) in [5.41, 5.74) is 3.23. The van der Waals surface area contributed by atoms with Gasteiger partial charge in [-0.15, -0.1) is 11.3 Å². The maximum absolute atomic E-state index is 14.0. The first kappa shape index (κ1) is 33.8. The maximum atomic E-state index is 14.0. The van der Waals surface area contributed by atoms with Gasteiger partial charge < -0.3 is 19.7 Å². The first-order chi connectivity index (χ1) is 21.5. The quantitative estimate of drug-likeness (QED) is 0.226. The summed E-state index contributed by atoms with van der Waals surface area (Å²) in [6.45, 7) is 5.91. The number of thiophene rings is 1. The number of nitrogens with zero attached hydrogens (tertiary/aromatic N) is 2. The molecule has 2 amide bonds. The van der Waals surface area contributed by atoms with E-state index < -0.39 is 0 Å². The van der Waals surface area contributed by atoms with Crippen LogP contribution in [0, 0.1) is 11.3 Å². The van der Waals surface area contributed by atoms with E-state index in [0.717, 1.165) is 58.2 Å². The van der Waals surface area contributed by atoms with Crippen molar-refractivity contribution >= 4 is 45.0 Å². The zero-order chi connectivity index (χ0) is 32.6. The van der Waals surface area contributed by atoms with Gasteiger partial charge in [-0.05, 0) is 75.1 Å². The highest BCUT2D eigenvalue weighted by atomic mass is 35.5. The second kappa shape index (κ2) is 15.3. The Kier molecular flexibility index (Phi) is 11.5. The molecule has 0 radical (unpaired) electrons. The van der Waals surface area contributed by atoms with Gasteiger partial charge in [-0.3, -0.25) is 4.79 Å². The first-order valence-corrected chi connectivity index (χ1v) is 16.3. The molecule has 1 heterocycles. The summed E-state index contributed by atoms with van der Waals surface area (Å²) in [6.07, 6.45) is 5.05. The Bertz CT molecular complexity index is 1660. The second-order valence-electron chi connectivity index (χ2n) is 11.9. The molecule has 1 N–H and O–H groups in total. The van der Waals surface area contributed by atoms with Gasteiger partial charge in [-0.1, -0.05) is 67.3 Å². The van der Waals surface area contributed by atoms with Crippen LogP contribution in [0.1, 0.15) is 73.7 Å². The highest BCUT2D eigenvalue weighted by Gasteiger charge is 2.30. The normalized spacial score (nSPS) is 13.3. The summed E-state index contributed by atoms with van der Waals surface area (Å²) in [5, 5.41) is 13.0. The van der Waals surface area contributed by atoms with Crippen molar-refractivity contribution in [2.75, 3.05) is 14.2 Å². The lowest BCUT2D eigenvalue weighted by atomic mass is 9.93. The molecule has 7 nitrogen and oxygen atoms in total. The number of benzene rings is 3. The predicted octanol–water partition coefficient (Wildman–Crippen LogP) is 9.22. The lowest BCUT2D eigenvalue weighted by Crippen LogP contribution is -2.40. The van der Waals surface area contributed by atoms with E-state index in [1.165, 1.54) is 24.8 Å². The maximum Gasteiger partial charge on any atom is 0.407 e. The third-order valence-electron chi connectivity index (χ3n) is 7.58. The number of hydrogen-bond acceptors (Lipinski definition) is 6. The average Bonchev–Trinajstić information content (AvgIpc) is 3.39. The highest BCUT2D eigenvalue weighted by Crippen LogP contribution is 2.38. The number of carbonyl (C=O) groups excluding carboxylic acids is 2. The standard InChI is InChI=1S/C30H27ClN2O2S.C6H13NO2/c1-35-26-16-15-22(21-13-11-20(18-32)12-14-21)17-23(26)19-33(24-7-3-2-4-8-24)30(34)29-28(31)25-9-5-6-10-27(25)36-29;1-6(2,3)9-5(8)7-4/h5-6,9-17,24H,2-4,7-8,19H2,1H3;1-4H3,(H,7,8). The molecule has 1 aliphatic rings. The number of methoxy groups -OCH3 is 1. The largest absolute Gasteiger partial charge is 0.496 e. The minimum atomic E-state index is -0.389. The Morgan fingerprint density at radius 1 is 1.02 bits per heavy atom. The molecule has 1 aliphatic carbocycles. The molecular formula is C36H40ClN3O4S. The number of ether oxygens (including phenoxy) is 2. The van der Waals surface area contributed by atoms with Crippen LogP contribution < -0.4 is 10.1 Å². The van der Waals surface area contributed by atoms with Gasteiger partial charge in [-0.25, -0.2) is 4.79 Å². The summed E-state index contributed by atoms with van der Waals surface area (Å²) in [6, 6.07) is 23.8. The van der Waals surface area contributed by atoms with Gasteiger partial charge in [0.2, 0.25) is 0 Å². The number of halogens is 1. The number of nitrogens with one attached hydrogen (secondary N) is 1. The molecule has 0 aliphatic heterocycles. The Labute approximate surface area is 274 Å². The van der Waals surface area contributed by atoms with E-state index in [4.69, 9.17) is 26.3 Å². The van der Waals surface area contributed by atoms with Gasteiger partial charge in [0.15, 0.2) is 0 Å². The molecular weight excluding hydrogens is 606 g/mol. The van der Waals surface area contributed by atoms with Crippen molar-refractivity contribution in [3.8, 4) is 22.9 Å². The monoisotopic (exact) mass is 645 g/mol. The van der Waals surface area contributed by atoms with E-state index in [1.54, 1.807) is 7.11 Å². The Morgan fingerprint density at radius 3 is 2.27 bits per heavy atom. The average molecular weight is 646 g/mol. The van der Waals surface area contributed by atoms with Crippen LogP contribution >= 0.6 is 22.9 Å². The van der Waals surface area contributed by atoms with E-state index in [0.29, 0.717) is 22.0 Å². The van der Waals surface area contributed by atoms with Crippen molar-refractivity contribution in [1.29, 1.82) is 5.26 Å². The second-order valence-corrected chi connectivity index (χ2v) is 13.4. The molecule has 45 heavy (non-hydrogen) atoms. The molecule has 3 aromatic carbocycles.